The van der Waals surface area contributed by atoms with Gasteiger partial charge in [0.05, 0.1) is 11.8 Å². The highest BCUT2D eigenvalue weighted by Gasteiger charge is 2.27. The summed E-state index contributed by atoms with van der Waals surface area (Å²) in [5.41, 5.74) is 1.27. The standard InChI is InChI=1S/C21H22FN3O2S/c1-12-13(2)28-21-18(12)20(27)23-19(24-21)15-7-5-9-25(11-15)17(26)10-14-6-3-4-8-16(14)22/h3-4,6,8,15H,5,7,9-11H2,1-2H3,(H,23,24,27). The number of rotatable bonds is 3. The molecule has 2 aromatic heterocycles. The van der Waals surface area contributed by atoms with Crippen LogP contribution in [0.25, 0.3) is 10.2 Å². The smallest absolute Gasteiger partial charge is 0.259 e. The molecule has 7 heteroatoms. The Hall–Kier alpha value is -2.54. The summed E-state index contributed by atoms with van der Waals surface area (Å²) in [6, 6.07) is 6.37. The summed E-state index contributed by atoms with van der Waals surface area (Å²) in [7, 11) is 0. The van der Waals surface area contributed by atoms with E-state index in [1.54, 1.807) is 23.1 Å². The number of amides is 1. The number of aryl methyl sites for hydroxylation is 2. The number of nitrogens with one attached hydrogen (secondary N) is 1. The van der Waals surface area contributed by atoms with Gasteiger partial charge in [0.2, 0.25) is 5.91 Å². The number of H-pyrrole nitrogens is 1. The summed E-state index contributed by atoms with van der Waals surface area (Å²) in [5.74, 6) is 0.172. The minimum absolute atomic E-state index is 0.0156. The van der Waals surface area contributed by atoms with E-state index < -0.39 is 0 Å². The van der Waals surface area contributed by atoms with Gasteiger partial charge in [0.15, 0.2) is 0 Å². The van der Waals surface area contributed by atoms with Gasteiger partial charge in [-0.1, -0.05) is 18.2 Å². The Kier molecular flexibility index (Phi) is 5.02. The summed E-state index contributed by atoms with van der Waals surface area (Å²) >= 11 is 1.53. The normalized spacial score (nSPS) is 17.2. The lowest BCUT2D eigenvalue weighted by molar-refractivity contribution is -0.131. The van der Waals surface area contributed by atoms with Crippen molar-refractivity contribution in [3.8, 4) is 0 Å². The van der Waals surface area contributed by atoms with Crippen molar-refractivity contribution < 1.29 is 9.18 Å². The molecule has 0 spiro atoms. The van der Waals surface area contributed by atoms with E-state index in [0.29, 0.717) is 29.9 Å². The van der Waals surface area contributed by atoms with Crippen LogP contribution < -0.4 is 5.56 Å². The Labute approximate surface area is 166 Å². The molecule has 28 heavy (non-hydrogen) atoms. The molecule has 5 nitrogen and oxygen atoms in total. The molecule has 1 saturated heterocycles. The first kappa shape index (κ1) is 18.8. The van der Waals surface area contributed by atoms with Gasteiger partial charge >= 0.3 is 0 Å². The summed E-state index contributed by atoms with van der Waals surface area (Å²) in [4.78, 5) is 36.5. The minimum Gasteiger partial charge on any atom is -0.342 e. The molecule has 1 aliphatic heterocycles. The first-order valence-electron chi connectivity index (χ1n) is 9.45. The van der Waals surface area contributed by atoms with Gasteiger partial charge in [-0.05, 0) is 43.9 Å². The van der Waals surface area contributed by atoms with E-state index in [-0.39, 0.29) is 29.6 Å². The van der Waals surface area contributed by atoms with Crippen LogP contribution in [0.5, 0.6) is 0 Å². The summed E-state index contributed by atoms with van der Waals surface area (Å²) < 4.78 is 13.9. The molecule has 146 valence electrons. The van der Waals surface area contributed by atoms with Crippen LogP contribution in [-0.2, 0) is 11.2 Å². The molecule has 1 unspecified atom stereocenters. The highest BCUT2D eigenvalue weighted by Crippen LogP contribution is 2.29. The predicted octanol–water partition coefficient (Wildman–Crippen LogP) is 3.69. The van der Waals surface area contributed by atoms with Crippen molar-refractivity contribution in [3.05, 3.63) is 62.3 Å². The van der Waals surface area contributed by atoms with Crippen LogP contribution >= 0.6 is 11.3 Å². The first-order valence-corrected chi connectivity index (χ1v) is 10.3. The molecule has 0 saturated carbocycles. The molecule has 1 aromatic carbocycles. The van der Waals surface area contributed by atoms with E-state index in [1.165, 1.54) is 17.4 Å². The number of likely N-dealkylation sites (tertiary alicyclic amines) is 1. The number of carbonyl (C=O) groups excluding carboxylic acids is 1. The van der Waals surface area contributed by atoms with Crippen molar-refractivity contribution in [3.63, 3.8) is 0 Å². The van der Waals surface area contributed by atoms with Crippen molar-refractivity contribution in [2.75, 3.05) is 13.1 Å². The van der Waals surface area contributed by atoms with Gasteiger partial charge in [-0.2, -0.15) is 0 Å². The maximum atomic E-state index is 13.9. The largest absolute Gasteiger partial charge is 0.342 e. The molecule has 1 atom stereocenters. The Bertz CT molecular complexity index is 1100. The third-order valence-corrected chi connectivity index (χ3v) is 6.62. The molecule has 0 bridgehead atoms. The molecule has 1 aliphatic rings. The number of aromatic nitrogens is 2. The van der Waals surface area contributed by atoms with Crippen LogP contribution in [0.15, 0.2) is 29.1 Å². The third kappa shape index (κ3) is 3.46. The SMILES string of the molecule is Cc1sc2nc(C3CCCN(C(=O)Cc4ccccc4F)C3)[nH]c(=O)c2c1C. The molecular weight excluding hydrogens is 377 g/mol. The van der Waals surface area contributed by atoms with Crippen LogP contribution in [0.1, 0.15) is 40.6 Å². The fourth-order valence-corrected chi connectivity index (χ4v) is 4.85. The minimum atomic E-state index is -0.357. The number of carbonyl (C=O) groups is 1. The average Bonchev–Trinajstić information content (AvgIpc) is 2.98. The highest BCUT2D eigenvalue weighted by molar-refractivity contribution is 7.18. The molecule has 1 amide bonds. The number of aromatic amines is 1. The van der Waals surface area contributed by atoms with Crippen LogP contribution in [-0.4, -0.2) is 33.9 Å². The summed E-state index contributed by atoms with van der Waals surface area (Å²) in [6.45, 7) is 5.07. The molecule has 1 N–H and O–H groups in total. The Morgan fingerprint density at radius 2 is 2.14 bits per heavy atom. The van der Waals surface area contributed by atoms with E-state index >= 15 is 0 Å². The second kappa shape index (κ2) is 7.47. The number of piperidine rings is 1. The third-order valence-electron chi connectivity index (χ3n) is 5.52. The van der Waals surface area contributed by atoms with Gasteiger partial charge in [0.1, 0.15) is 16.5 Å². The van der Waals surface area contributed by atoms with Crippen LogP contribution in [0.3, 0.4) is 0 Å². The molecule has 3 heterocycles. The van der Waals surface area contributed by atoms with Gasteiger partial charge in [-0.25, -0.2) is 9.37 Å². The second-order valence-electron chi connectivity index (χ2n) is 7.36. The predicted molar refractivity (Wildman–Crippen MR) is 108 cm³/mol. The summed E-state index contributed by atoms with van der Waals surface area (Å²) in [5, 5.41) is 0.662. The van der Waals surface area contributed by atoms with Crippen LogP contribution in [0, 0.1) is 19.7 Å². The fraction of sp³-hybridized carbons (Fsp3) is 0.381. The lowest BCUT2D eigenvalue weighted by Gasteiger charge is -2.32. The monoisotopic (exact) mass is 399 g/mol. The quantitative estimate of drug-likeness (QED) is 0.730. The summed E-state index contributed by atoms with van der Waals surface area (Å²) in [6.07, 6.45) is 1.74. The fourth-order valence-electron chi connectivity index (χ4n) is 3.81. The zero-order valence-corrected chi connectivity index (χ0v) is 16.7. The van der Waals surface area contributed by atoms with Gasteiger partial charge in [-0.15, -0.1) is 11.3 Å². The van der Waals surface area contributed by atoms with Gasteiger partial charge in [0.25, 0.3) is 5.56 Å². The van der Waals surface area contributed by atoms with Crippen LogP contribution in [0.4, 0.5) is 4.39 Å². The number of fused-ring (bicyclic) bond motifs is 1. The molecule has 0 aliphatic carbocycles. The number of nitrogens with zero attached hydrogens (tertiary/aromatic N) is 2. The molecule has 3 aromatic rings. The Morgan fingerprint density at radius 1 is 1.36 bits per heavy atom. The molecule has 0 radical (unpaired) electrons. The number of thiophene rings is 1. The van der Waals surface area contributed by atoms with E-state index in [9.17, 15) is 14.0 Å². The van der Waals surface area contributed by atoms with E-state index in [0.717, 1.165) is 28.1 Å². The van der Waals surface area contributed by atoms with Crippen molar-refractivity contribution in [2.24, 2.45) is 0 Å². The maximum absolute atomic E-state index is 13.9. The number of hydrogen-bond acceptors (Lipinski definition) is 4. The zero-order chi connectivity index (χ0) is 19.8. The van der Waals surface area contributed by atoms with E-state index in [2.05, 4.69) is 4.98 Å². The zero-order valence-electron chi connectivity index (χ0n) is 15.9. The number of hydrogen-bond donors (Lipinski definition) is 1. The molecular formula is C21H22FN3O2S. The van der Waals surface area contributed by atoms with E-state index in [1.807, 2.05) is 13.8 Å². The lowest BCUT2D eigenvalue weighted by atomic mass is 9.96. The molecule has 4 rings (SSSR count). The van der Waals surface area contributed by atoms with Crippen LogP contribution in [0.2, 0.25) is 0 Å². The second-order valence-corrected chi connectivity index (χ2v) is 8.56. The topological polar surface area (TPSA) is 66.1 Å². The Morgan fingerprint density at radius 3 is 2.93 bits per heavy atom. The number of halogens is 1. The van der Waals surface area contributed by atoms with Crippen molar-refractivity contribution in [2.45, 2.75) is 39.0 Å². The maximum Gasteiger partial charge on any atom is 0.259 e. The van der Waals surface area contributed by atoms with Crippen molar-refractivity contribution >= 4 is 27.5 Å². The average molecular weight is 399 g/mol. The van der Waals surface area contributed by atoms with Gasteiger partial charge < -0.3 is 9.88 Å². The highest BCUT2D eigenvalue weighted by atomic mass is 32.1. The first-order chi connectivity index (χ1) is 13.4. The van der Waals surface area contributed by atoms with E-state index in [4.69, 9.17) is 4.98 Å². The lowest BCUT2D eigenvalue weighted by Crippen LogP contribution is -2.40. The Balaban J connectivity index is 1.55. The van der Waals surface area contributed by atoms with Gasteiger partial charge in [-0.3, -0.25) is 9.59 Å². The number of benzene rings is 1. The van der Waals surface area contributed by atoms with Crippen molar-refractivity contribution in [1.29, 1.82) is 0 Å². The molecule has 1 fully saturated rings. The van der Waals surface area contributed by atoms with Gasteiger partial charge in [0, 0.05) is 23.9 Å². The van der Waals surface area contributed by atoms with Crippen molar-refractivity contribution in [1.82, 2.24) is 14.9 Å².